The molecule has 0 fully saturated rings. The molecule has 0 heterocycles. The minimum Gasteiger partial charge on any atom is -0.481 e. The number of halogens is 1. The summed E-state index contributed by atoms with van der Waals surface area (Å²) in [6.07, 6.45) is 0.0246. The molecule has 0 spiro atoms. The normalized spacial score (nSPS) is 10.1. The van der Waals surface area contributed by atoms with Crippen molar-refractivity contribution in [3.05, 3.63) is 28.8 Å². The molecule has 0 saturated carbocycles. The van der Waals surface area contributed by atoms with Gasteiger partial charge >= 0.3 is 5.97 Å². The van der Waals surface area contributed by atoms with Crippen LogP contribution in [0.25, 0.3) is 0 Å². The monoisotopic (exact) mass is 230 g/mol. The predicted octanol–water partition coefficient (Wildman–Crippen LogP) is 3.08. The molecular formula is C10H11ClO2S. The second-order valence-corrected chi connectivity index (χ2v) is 4.48. The van der Waals surface area contributed by atoms with Crippen molar-refractivity contribution >= 4 is 29.3 Å². The highest BCUT2D eigenvalue weighted by atomic mass is 35.5. The number of carboxylic acids is 1. The van der Waals surface area contributed by atoms with Gasteiger partial charge in [-0.25, -0.2) is 0 Å². The van der Waals surface area contributed by atoms with Crippen LogP contribution in [0.15, 0.2) is 23.1 Å². The summed E-state index contributed by atoms with van der Waals surface area (Å²) >= 11 is 7.63. The summed E-state index contributed by atoms with van der Waals surface area (Å²) in [6.45, 7) is 2.05. The second kappa shape index (κ2) is 5.27. The maximum Gasteiger partial charge on any atom is 0.307 e. The Morgan fingerprint density at radius 3 is 2.79 bits per heavy atom. The van der Waals surface area contributed by atoms with E-state index in [2.05, 4.69) is 0 Å². The molecule has 76 valence electrons. The molecule has 1 N–H and O–H groups in total. The number of hydrogen-bond acceptors (Lipinski definition) is 2. The highest BCUT2D eigenvalue weighted by Gasteiger charge is 2.04. The molecule has 0 radical (unpaired) electrons. The van der Waals surface area contributed by atoms with Crippen LogP contribution in [-0.4, -0.2) is 16.8 Å². The van der Waals surface area contributed by atoms with Crippen molar-refractivity contribution in [2.75, 3.05) is 5.75 Å². The first-order valence-electron chi connectivity index (χ1n) is 4.26. The van der Waals surface area contributed by atoms with E-state index in [4.69, 9.17) is 16.7 Å². The Labute approximate surface area is 92.3 Å². The Bertz CT molecular complexity index is 339. The molecule has 0 aliphatic heterocycles. The zero-order valence-corrected chi connectivity index (χ0v) is 9.36. The number of hydrogen-bond donors (Lipinski definition) is 1. The fourth-order valence-corrected chi connectivity index (χ4v) is 2.14. The smallest absolute Gasteiger partial charge is 0.307 e. The van der Waals surface area contributed by atoms with Crippen molar-refractivity contribution in [3.8, 4) is 0 Å². The van der Waals surface area contributed by atoms with Gasteiger partial charge in [0.15, 0.2) is 0 Å². The Hall–Kier alpha value is -0.670. The maximum absolute atomic E-state index is 10.4. The van der Waals surface area contributed by atoms with Crippen LogP contribution in [0.3, 0.4) is 0 Å². The molecule has 14 heavy (non-hydrogen) atoms. The van der Waals surface area contributed by atoms with E-state index in [1.165, 1.54) is 0 Å². The minimum atomic E-state index is -0.836. The quantitative estimate of drug-likeness (QED) is 0.808. The molecule has 1 rings (SSSR count). The van der Waals surface area contributed by atoms with Gasteiger partial charge in [-0.2, -0.15) is 0 Å². The topological polar surface area (TPSA) is 37.3 Å². The molecular weight excluding hydrogens is 220 g/mol. The zero-order chi connectivity index (χ0) is 10.6. The van der Waals surface area contributed by atoms with Crippen LogP contribution in [0.4, 0.5) is 0 Å². The molecule has 0 atom stereocenters. The molecule has 0 saturated heterocycles. The van der Waals surface area contributed by atoms with E-state index in [0.29, 0.717) is 5.02 Å². The number of benzene rings is 1. The zero-order valence-electron chi connectivity index (χ0n) is 7.79. The van der Waals surface area contributed by atoms with Crippen LogP contribution in [0.2, 0.25) is 5.02 Å². The lowest BCUT2D eigenvalue weighted by molar-refractivity contribution is -0.136. The number of carbonyl (C=O) groups is 1. The molecule has 0 aromatic heterocycles. The standard InChI is InChI=1S/C10H11ClO2S/c1-2-14-9-4-3-7(5-8(9)11)6-10(12)13/h3-5H,2,6H2,1H3,(H,12,13). The van der Waals surface area contributed by atoms with Gasteiger partial charge in [0.1, 0.15) is 0 Å². The van der Waals surface area contributed by atoms with Gasteiger partial charge in [0.2, 0.25) is 0 Å². The van der Waals surface area contributed by atoms with Gasteiger partial charge < -0.3 is 5.11 Å². The molecule has 1 aromatic rings. The third kappa shape index (κ3) is 3.24. The van der Waals surface area contributed by atoms with Crippen molar-refractivity contribution < 1.29 is 9.90 Å². The van der Waals surface area contributed by atoms with Crippen molar-refractivity contribution in [2.24, 2.45) is 0 Å². The fourth-order valence-electron chi connectivity index (χ4n) is 1.10. The van der Waals surface area contributed by atoms with Gasteiger partial charge in [0, 0.05) is 4.90 Å². The average Bonchev–Trinajstić information content (AvgIpc) is 2.09. The molecule has 0 aliphatic rings. The van der Waals surface area contributed by atoms with Crippen LogP contribution in [0, 0.1) is 0 Å². The minimum absolute atomic E-state index is 0.0246. The summed E-state index contributed by atoms with van der Waals surface area (Å²) in [5.74, 6) is 0.120. The molecule has 0 bridgehead atoms. The lowest BCUT2D eigenvalue weighted by Gasteiger charge is -2.03. The van der Waals surface area contributed by atoms with Crippen LogP contribution in [0.1, 0.15) is 12.5 Å². The Kier molecular flexibility index (Phi) is 4.29. The van der Waals surface area contributed by atoms with Crippen molar-refractivity contribution in [2.45, 2.75) is 18.2 Å². The van der Waals surface area contributed by atoms with E-state index in [-0.39, 0.29) is 6.42 Å². The number of carboxylic acid groups (broad SMARTS) is 1. The Balaban J connectivity index is 2.83. The largest absolute Gasteiger partial charge is 0.481 e. The first-order valence-corrected chi connectivity index (χ1v) is 5.63. The summed E-state index contributed by atoms with van der Waals surface area (Å²) < 4.78 is 0. The molecule has 0 amide bonds. The van der Waals surface area contributed by atoms with E-state index >= 15 is 0 Å². The van der Waals surface area contributed by atoms with Gasteiger partial charge in [-0.1, -0.05) is 24.6 Å². The highest BCUT2D eigenvalue weighted by molar-refractivity contribution is 7.99. The van der Waals surface area contributed by atoms with Gasteiger partial charge in [-0.15, -0.1) is 11.8 Å². The van der Waals surface area contributed by atoms with Gasteiger partial charge in [0.05, 0.1) is 11.4 Å². The maximum atomic E-state index is 10.4. The van der Waals surface area contributed by atoms with E-state index in [9.17, 15) is 4.79 Å². The summed E-state index contributed by atoms with van der Waals surface area (Å²) in [4.78, 5) is 11.4. The summed E-state index contributed by atoms with van der Waals surface area (Å²) in [5, 5.41) is 9.22. The Morgan fingerprint density at radius 1 is 1.57 bits per heavy atom. The highest BCUT2D eigenvalue weighted by Crippen LogP contribution is 2.27. The van der Waals surface area contributed by atoms with E-state index in [0.717, 1.165) is 16.2 Å². The molecule has 4 heteroatoms. The number of aliphatic carboxylic acids is 1. The second-order valence-electron chi connectivity index (χ2n) is 2.77. The van der Waals surface area contributed by atoms with Gasteiger partial charge in [-0.3, -0.25) is 4.79 Å². The molecule has 0 aliphatic carbocycles. The SMILES string of the molecule is CCSc1ccc(CC(=O)O)cc1Cl. The first kappa shape index (κ1) is 11.4. The molecule has 2 nitrogen and oxygen atoms in total. The van der Waals surface area contributed by atoms with Crippen LogP contribution in [-0.2, 0) is 11.2 Å². The number of rotatable bonds is 4. The van der Waals surface area contributed by atoms with Crippen molar-refractivity contribution in [3.63, 3.8) is 0 Å². The van der Waals surface area contributed by atoms with Crippen LogP contribution >= 0.6 is 23.4 Å². The van der Waals surface area contributed by atoms with E-state index in [1.807, 2.05) is 13.0 Å². The number of thioether (sulfide) groups is 1. The fraction of sp³-hybridized carbons (Fsp3) is 0.300. The van der Waals surface area contributed by atoms with E-state index < -0.39 is 5.97 Å². The predicted molar refractivity (Wildman–Crippen MR) is 59.2 cm³/mol. The van der Waals surface area contributed by atoms with Gasteiger partial charge in [-0.05, 0) is 23.4 Å². The molecule has 1 aromatic carbocycles. The lowest BCUT2D eigenvalue weighted by Crippen LogP contribution is -1.99. The van der Waals surface area contributed by atoms with Gasteiger partial charge in [0.25, 0.3) is 0 Å². The molecule has 0 unspecified atom stereocenters. The van der Waals surface area contributed by atoms with Crippen LogP contribution in [0.5, 0.6) is 0 Å². The third-order valence-electron chi connectivity index (χ3n) is 1.65. The first-order chi connectivity index (χ1) is 6.63. The Morgan fingerprint density at radius 2 is 2.29 bits per heavy atom. The van der Waals surface area contributed by atoms with E-state index in [1.54, 1.807) is 23.9 Å². The average molecular weight is 231 g/mol. The van der Waals surface area contributed by atoms with Crippen molar-refractivity contribution in [1.29, 1.82) is 0 Å². The lowest BCUT2D eigenvalue weighted by atomic mass is 10.1. The summed E-state index contributed by atoms with van der Waals surface area (Å²) in [7, 11) is 0. The van der Waals surface area contributed by atoms with Crippen LogP contribution < -0.4 is 0 Å². The summed E-state index contributed by atoms with van der Waals surface area (Å²) in [5.41, 5.74) is 0.739. The summed E-state index contributed by atoms with van der Waals surface area (Å²) in [6, 6.07) is 5.39. The third-order valence-corrected chi connectivity index (χ3v) is 3.03. The van der Waals surface area contributed by atoms with Crippen molar-refractivity contribution in [1.82, 2.24) is 0 Å².